The predicted molar refractivity (Wildman–Crippen MR) is 86.2 cm³/mol. The third-order valence-electron chi connectivity index (χ3n) is 4.88. The molecule has 0 N–H and O–H groups in total. The highest BCUT2D eigenvalue weighted by Gasteiger charge is 2.12. The van der Waals surface area contributed by atoms with Crippen LogP contribution in [0.2, 0.25) is 0 Å². The molecule has 0 saturated heterocycles. The Hall–Kier alpha value is -1.76. The van der Waals surface area contributed by atoms with Crippen LogP contribution in [0.3, 0.4) is 0 Å². The summed E-state index contributed by atoms with van der Waals surface area (Å²) in [4.78, 5) is 0. The van der Waals surface area contributed by atoms with Gasteiger partial charge in [0, 0.05) is 0 Å². The second-order valence-electron chi connectivity index (χ2n) is 6.38. The Labute approximate surface area is 127 Å². The Morgan fingerprint density at radius 2 is 0.952 bits per heavy atom. The molecule has 0 saturated carbocycles. The zero-order valence-corrected chi connectivity index (χ0v) is 12.5. The van der Waals surface area contributed by atoms with E-state index >= 15 is 0 Å². The molecule has 1 nitrogen and oxygen atoms in total. The minimum absolute atomic E-state index is 0.992. The second kappa shape index (κ2) is 5.55. The van der Waals surface area contributed by atoms with Gasteiger partial charge in [-0.05, 0) is 97.9 Å². The van der Waals surface area contributed by atoms with Gasteiger partial charge in [-0.15, -0.1) is 0 Å². The minimum Gasteiger partial charge on any atom is -0.457 e. The van der Waals surface area contributed by atoms with E-state index in [1.54, 1.807) is 0 Å². The Balaban J connectivity index is 1.58. The van der Waals surface area contributed by atoms with Crippen molar-refractivity contribution in [1.82, 2.24) is 0 Å². The van der Waals surface area contributed by atoms with Gasteiger partial charge in [0.15, 0.2) is 0 Å². The van der Waals surface area contributed by atoms with Crippen molar-refractivity contribution in [3.05, 3.63) is 58.7 Å². The van der Waals surface area contributed by atoms with Gasteiger partial charge in [-0.25, -0.2) is 0 Å². The number of aryl methyl sites for hydroxylation is 4. The van der Waals surface area contributed by atoms with Gasteiger partial charge in [0.1, 0.15) is 11.5 Å². The summed E-state index contributed by atoms with van der Waals surface area (Å²) in [6.45, 7) is 0. The molecule has 0 fully saturated rings. The SMILES string of the molecule is c1cc2c(cc1Oc1ccc3c(c1)CCCC3)CCCC2. The second-order valence-corrected chi connectivity index (χ2v) is 6.38. The smallest absolute Gasteiger partial charge is 0.127 e. The fraction of sp³-hybridized carbons (Fsp3) is 0.400. The first-order chi connectivity index (χ1) is 10.4. The topological polar surface area (TPSA) is 9.23 Å². The largest absolute Gasteiger partial charge is 0.457 e. The molecular formula is C20H22O. The summed E-state index contributed by atoms with van der Waals surface area (Å²) in [5.74, 6) is 1.98. The van der Waals surface area contributed by atoms with E-state index in [1.807, 2.05) is 0 Å². The molecule has 21 heavy (non-hydrogen) atoms. The standard InChI is InChI=1S/C20H22O/c1-3-7-17-13-19(11-9-15(17)5-1)21-20-12-10-16-6-2-4-8-18(16)14-20/h9-14H,1-8H2. The molecule has 2 aromatic rings. The van der Waals surface area contributed by atoms with Crippen LogP contribution in [0.1, 0.15) is 47.9 Å². The summed E-state index contributed by atoms with van der Waals surface area (Å²) in [5, 5.41) is 0. The number of benzene rings is 2. The van der Waals surface area contributed by atoms with Gasteiger partial charge in [0.25, 0.3) is 0 Å². The molecule has 0 atom stereocenters. The van der Waals surface area contributed by atoms with Crippen molar-refractivity contribution in [2.75, 3.05) is 0 Å². The highest BCUT2D eigenvalue weighted by molar-refractivity contribution is 5.42. The predicted octanol–water partition coefficient (Wildman–Crippen LogP) is 5.24. The molecule has 0 aliphatic heterocycles. The molecule has 108 valence electrons. The molecule has 2 aliphatic rings. The Morgan fingerprint density at radius 3 is 1.43 bits per heavy atom. The zero-order chi connectivity index (χ0) is 14.1. The molecule has 0 aromatic heterocycles. The van der Waals surface area contributed by atoms with E-state index in [4.69, 9.17) is 4.74 Å². The van der Waals surface area contributed by atoms with E-state index in [-0.39, 0.29) is 0 Å². The van der Waals surface area contributed by atoms with Crippen LogP contribution < -0.4 is 4.74 Å². The van der Waals surface area contributed by atoms with Crippen LogP contribution in [-0.2, 0) is 25.7 Å². The van der Waals surface area contributed by atoms with Gasteiger partial charge in [0.2, 0.25) is 0 Å². The molecule has 0 heterocycles. The van der Waals surface area contributed by atoms with Crippen LogP contribution in [0.4, 0.5) is 0 Å². The highest BCUT2D eigenvalue weighted by atomic mass is 16.5. The van der Waals surface area contributed by atoms with E-state index < -0.39 is 0 Å². The van der Waals surface area contributed by atoms with Gasteiger partial charge in [-0.3, -0.25) is 0 Å². The van der Waals surface area contributed by atoms with Crippen LogP contribution >= 0.6 is 0 Å². The molecule has 0 unspecified atom stereocenters. The lowest BCUT2D eigenvalue weighted by molar-refractivity contribution is 0.479. The van der Waals surface area contributed by atoms with Crippen molar-refractivity contribution in [2.24, 2.45) is 0 Å². The van der Waals surface area contributed by atoms with Crippen LogP contribution in [0.15, 0.2) is 36.4 Å². The average molecular weight is 278 g/mol. The minimum atomic E-state index is 0.992. The number of hydrogen-bond donors (Lipinski definition) is 0. The summed E-state index contributed by atoms with van der Waals surface area (Å²) in [7, 11) is 0. The fourth-order valence-electron chi connectivity index (χ4n) is 3.68. The molecule has 0 radical (unpaired) electrons. The first-order valence-corrected chi connectivity index (χ1v) is 8.30. The quantitative estimate of drug-likeness (QED) is 0.730. The molecule has 1 heteroatoms. The number of fused-ring (bicyclic) bond motifs is 2. The van der Waals surface area contributed by atoms with Crippen molar-refractivity contribution in [1.29, 1.82) is 0 Å². The first kappa shape index (κ1) is 12.9. The van der Waals surface area contributed by atoms with Crippen molar-refractivity contribution in [2.45, 2.75) is 51.4 Å². The molecule has 0 amide bonds. The maximum absolute atomic E-state index is 6.11. The Kier molecular flexibility index (Phi) is 3.42. The maximum Gasteiger partial charge on any atom is 0.127 e. The lowest BCUT2D eigenvalue weighted by atomic mass is 9.91. The summed E-state index contributed by atoms with van der Waals surface area (Å²) in [5.41, 5.74) is 5.99. The van der Waals surface area contributed by atoms with Crippen LogP contribution in [0.5, 0.6) is 11.5 Å². The van der Waals surface area contributed by atoms with E-state index in [0.717, 1.165) is 11.5 Å². The zero-order valence-electron chi connectivity index (χ0n) is 12.5. The lowest BCUT2D eigenvalue weighted by Gasteiger charge is -2.18. The molecular weight excluding hydrogens is 256 g/mol. The van der Waals surface area contributed by atoms with E-state index in [0.29, 0.717) is 0 Å². The van der Waals surface area contributed by atoms with Crippen molar-refractivity contribution < 1.29 is 4.74 Å². The summed E-state index contributed by atoms with van der Waals surface area (Å²) in [6, 6.07) is 13.2. The van der Waals surface area contributed by atoms with Crippen LogP contribution in [-0.4, -0.2) is 0 Å². The van der Waals surface area contributed by atoms with E-state index in [9.17, 15) is 0 Å². The van der Waals surface area contributed by atoms with Gasteiger partial charge in [0.05, 0.1) is 0 Å². The number of hydrogen-bond acceptors (Lipinski definition) is 1. The summed E-state index contributed by atoms with van der Waals surface area (Å²) in [6.07, 6.45) is 10.2. The number of rotatable bonds is 2. The summed E-state index contributed by atoms with van der Waals surface area (Å²) < 4.78 is 6.11. The Morgan fingerprint density at radius 1 is 0.524 bits per heavy atom. The van der Waals surface area contributed by atoms with E-state index in [2.05, 4.69) is 36.4 Å². The van der Waals surface area contributed by atoms with Gasteiger partial charge < -0.3 is 4.74 Å². The van der Waals surface area contributed by atoms with Crippen LogP contribution in [0.25, 0.3) is 0 Å². The highest BCUT2D eigenvalue weighted by Crippen LogP contribution is 2.31. The van der Waals surface area contributed by atoms with Crippen molar-refractivity contribution in [3.63, 3.8) is 0 Å². The summed E-state index contributed by atoms with van der Waals surface area (Å²) >= 11 is 0. The Bertz CT molecular complexity index is 599. The monoisotopic (exact) mass is 278 g/mol. The average Bonchev–Trinajstić information content (AvgIpc) is 2.55. The van der Waals surface area contributed by atoms with Gasteiger partial charge >= 0.3 is 0 Å². The fourth-order valence-corrected chi connectivity index (χ4v) is 3.68. The van der Waals surface area contributed by atoms with Crippen molar-refractivity contribution in [3.8, 4) is 11.5 Å². The van der Waals surface area contributed by atoms with E-state index in [1.165, 1.54) is 73.6 Å². The van der Waals surface area contributed by atoms with Gasteiger partial charge in [-0.1, -0.05) is 12.1 Å². The molecule has 2 aliphatic carbocycles. The molecule has 0 bridgehead atoms. The molecule has 0 spiro atoms. The normalized spacial score (nSPS) is 17.0. The third-order valence-corrected chi connectivity index (χ3v) is 4.88. The molecule has 2 aromatic carbocycles. The van der Waals surface area contributed by atoms with Gasteiger partial charge in [-0.2, -0.15) is 0 Å². The van der Waals surface area contributed by atoms with Crippen molar-refractivity contribution >= 4 is 0 Å². The first-order valence-electron chi connectivity index (χ1n) is 8.30. The third kappa shape index (κ3) is 2.70. The number of ether oxygens (including phenoxy) is 1. The lowest BCUT2D eigenvalue weighted by Crippen LogP contribution is -2.03. The maximum atomic E-state index is 6.11. The van der Waals surface area contributed by atoms with Crippen LogP contribution in [0, 0.1) is 0 Å². The molecule has 4 rings (SSSR count).